The van der Waals surface area contributed by atoms with E-state index in [2.05, 4.69) is 30.5 Å². The Morgan fingerprint density at radius 1 is 1.00 bits per heavy atom. The molecule has 37 heavy (non-hydrogen) atoms. The van der Waals surface area contributed by atoms with Gasteiger partial charge in [-0.2, -0.15) is 0 Å². The van der Waals surface area contributed by atoms with Crippen LogP contribution in [0.3, 0.4) is 0 Å². The second-order valence-electron chi connectivity index (χ2n) is 8.17. The van der Waals surface area contributed by atoms with E-state index in [-0.39, 0.29) is 16.5 Å². The van der Waals surface area contributed by atoms with Crippen LogP contribution in [-0.4, -0.2) is 37.5 Å². The minimum atomic E-state index is -2.74. The summed E-state index contributed by atoms with van der Waals surface area (Å²) in [6, 6.07) is 15.3. The summed E-state index contributed by atoms with van der Waals surface area (Å²) in [5, 5.41) is 11.0. The Kier molecular flexibility index (Phi) is 6.82. The highest BCUT2D eigenvalue weighted by atomic mass is 35.5. The van der Waals surface area contributed by atoms with Gasteiger partial charge in [-0.3, -0.25) is 9.78 Å². The van der Waals surface area contributed by atoms with E-state index in [1.165, 1.54) is 18.3 Å². The second kappa shape index (κ2) is 10.4. The van der Waals surface area contributed by atoms with E-state index in [0.717, 1.165) is 12.1 Å². The molecule has 7 nitrogen and oxygen atoms in total. The zero-order chi connectivity index (χ0) is 25.9. The summed E-state index contributed by atoms with van der Waals surface area (Å²) >= 11 is 6.04. The molecule has 0 aliphatic heterocycles. The van der Waals surface area contributed by atoms with Gasteiger partial charge in [0.15, 0.2) is 5.15 Å². The summed E-state index contributed by atoms with van der Waals surface area (Å²) in [6.07, 6.45) is -0.321. The number of aromatic amines is 1. The summed E-state index contributed by atoms with van der Waals surface area (Å²) in [7, 11) is 0. The fourth-order valence-electron chi connectivity index (χ4n) is 4.08. The third kappa shape index (κ3) is 5.29. The van der Waals surface area contributed by atoms with Crippen molar-refractivity contribution in [3.05, 3.63) is 89.6 Å². The number of hydrogen-bond acceptors (Lipinski definition) is 5. The molecule has 0 spiro atoms. The molecule has 0 radical (unpaired) electrons. The number of anilines is 1. The van der Waals surface area contributed by atoms with Gasteiger partial charge in [-0.15, -0.1) is 10.2 Å². The lowest BCUT2D eigenvalue weighted by atomic mass is 9.95. The number of halogens is 4. The van der Waals surface area contributed by atoms with Crippen molar-refractivity contribution in [1.82, 2.24) is 25.1 Å². The van der Waals surface area contributed by atoms with Crippen molar-refractivity contribution in [3.63, 3.8) is 0 Å². The number of nitrogens with one attached hydrogen (secondary N) is 2. The lowest BCUT2D eigenvalue weighted by molar-refractivity contribution is -0.118. The van der Waals surface area contributed by atoms with E-state index in [1.807, 2.05) is 12.1 Å². The Labute approximate surface area is 213 Å². The highest BCUT2D eigenvalue weighted by Gasteiger charge is 2.26. The zero-order valence-corrected chi connectivity index (χ0v) is 19.8. The maximum absolute atomic E-state index is 13.3. The zero-order valence-electron chi connectivity index (χ0n) is 19.0. The van der Waals surface area contributed by atoms with Gasteiger partial charge in [-0.25, -0.2) is 18.2 Å². The lowest BCUT2D eigenvalue weighted by Gasteiger charge is -2.17. The first-order valence-corrected chi connectivity index (χ1v) is 11.5. The number of pyridine rings is 2. The summed E-state index contributed by atoms with van der Waals surface area (Å²) in [5.41, 5.74) is 4.03. The Hall–Kier alpha value is -4.31. The van der Waals surface area contributed by atoms with E-state index in [0.29, 0.717) is 33.5 Å². The molecule has 1 aromatic carbocycles. The van der Waals surface area contributed by atoms with Crippen molar-refractivity contribution >= 4 is 34.4 Å². The molecule has 4 heterocycles. The van der Waals surface area contributed by atoms with Gasteiger partial charge in [0.25, 0.3) is 0 Å². The number of carbonyl (C=O) groups is 1. The Bertz CT molecular complexity index is 1560. The van der Waals surface area contributed by atoms with E-state index in [4.69, 9.17) is 11.6 Å². The lowest BCUT2D eigenvalue weighted by Crippen LogP contribution is -2.23. The molecule has 186 valence electrons. The number of amides is 1. The number of nitrogens with zero attached hydrogens (tertiary/aromatic N) is 4. The van der Waals surface area contributed by atoms with Crippen LogP contribution in [0.15, 0.2) is 73.1 Å². The Balaban J connectivity index is 1.52. The average molecular weight is 523 g/mol. The van der Waals surface area contributed by atoms with Crippen LogP contribution in [0.25, 0.3) is 33.5 Å². The number of H-pyrrole nitrogens is 1. The molecule has 0 saturated heterocycles. The monoisotopic (exact) mass is 522 g/mol. The van der Waals surface area contributed by atoms with Gasteiger partial charge in [0.05, 0.1) is 28.4 Å². The van der Waals surface area contributed by atoms with Gasteiger partial charge in [-0.1, -0.05) is 29.8 Å². The molecule has 0 aliphatic rings. The molecule has 5 aromatic rings. The predicted molar refractivity (Wildman–Crippen MR) is 134 cm³/mol. The molecule has 2 N–H and O–H groups in total. The minimum absolute atomic E-state index is 0.152. The molecule has 0 fully saturated rings. The second-order valence-corrected chi connectivity index (χ2v) is 8.56. The van der Waals surface area contributed by atoms with Crippen LogP contribution >= 0.6 is 11.6 Å². The summed E-state index contributed by atoms with van der Waals surface area (Å²) in [5.74, 6) is -2.25. The van der Waals surface area contributed by atoms with Gasteiger partial charge in [-0.05, 0) is 42.0 Å². The van der Waals surface area contributed by atoms with Crippen LogP contribution in [-0.2, 0) is 4.79 Å². The van der Waals surface area contributed by atoms with Gasteiger partial charge < -0.3 is 10.3 Å². The number of benzene rings is 1. The summed E-state index contributed by atoms with van der Waals surface area (Å²) in [4.78, 5) is 24.9. The number of alkyl halides is 2. The quantitative estimate of drug-likeness (QED) is 0.263. The van der Waals surface area contributed by atoms with E-state index in [9.17, 15) is 18.0 Å². The summed E-state index contributed by atoms with van der Waals surface area (Å²) in [6.45, 7) is 0. The van der Waals surface area contributed by atoms with Crippen LogP contribution in [0.1, 0.15) is 17.9 Å². The Morgan fingerprint density at radius 2 is 1.81 bits per heavy atom. The fraction of sp³-hybridized carbons (Fsp3) is 0.115. The number of aromatic nitrogens is 5. The molecule has 1 amide bonds. The molecule has 0 unspecified atom stereocenters. The van der Waals surface area contributed by atoms with Gasteiger partial charge in [0.1, 0.15) is 17.2 Å². The van der Waals surface area contributed by atoms with Crippen molar-refractivity contribution < 1.29 is 18.0 Å². The van der Waals surface area contributed by atoms with Gasteiger partial charge in [0.2, 0.25) is 12.3 Å². The van der Waals surface area contributed by atoms with Crippen LogP contribution in [0, 0.1) is 5.82 Å². The highest BCUT2D eigenvalue weighted by Crippen LogP contribution is 2.37. The van der Waals surface area contributed by atoms with Crippen LogP contribution in [0.5, 0.6) is 0 Å². The van der Waals surface area contributed by atoms with Crippen molar-refractivity contribution in [3.8, 4) is 22.5 Å². The van der Waals surface area contributed by atoms with Crippen molar-refractivity contribution in [1.29, 1.82) is 0 Å². The smallest absolute Gasteiger partial charge is 0.239 e. The summed E-state index contributed by atoms with van der Waals surface area (Å²) < 4.78 is 39.9. The first-order valence-electron chi connectivity index (χ1n) is 11.2. The van der Waals surface area contributed by atoms with Crippen LogP contribution in [0.2, 0.25) is 5.15 Å². The first-order chi connectivity index (χ1) is 17.9. The molecular formula is C26H18ClF3N6O. The molecule has 11 heteroatoms. The molecular weight excluding hydrogens is 505 g/mol. The standard InChI is InChI=1S/C26H18ClF3N6O/c27-20-13-19-25(36-35-20)23(18-3-1-2-9-31-18)24(33-19)15-8-10-32-22(11-15)34-26(37)17(12-21(29)30)14-4-6-16(28)7-5-14/h1-11,13,17,21,33H,12H2,(H,32,34,37)/t17-/m1/s1. The highest BCUT2D eigenvalue weighted by molar-refractivity contribution is 6.30. The SMILES string of the molecule is O=C(Nc1cc(-c2[nH]c3cc(Cl)nnc3c2-c2ccccn2)ccn1)[C@H](CC(F)F)c1ccc(F)cc1. The normalized spacial score (nSPS) is 12.1. The molecule has 1 atom stereocenters. The van der Waals surface area contributed by atoms with E-state index < -0.39 is 30.5 Å². The molecule has 4 aromatic heterocycles. The molecule has 0 aliphatic carbocycles. The largest absolute Gasteiger partial charge is 0.352 e. The third-order valence-corrected chi connectivity index (χ3v) is 5.92. The van der Waals surface area contributed by atoms with Gasteiger partial charge in [0, 0.05) is 30.4 Å². The van der Waals surface area contributed by atoms with E-state index in [1.54, 1.807) is 30.5 Å². The topological polar surface area (TPSA) is 96.5 Å². The van der Waals surface area contributed by atoms with Crippen molar-refractivity contribution in [2.24, 2.45) is 0 Å². The average Bonchev–Trinajstić information content (AvgIpc) is 3.27. The van der Waals surface area contributed by atoms with Gasteiger partial charge >= 0.3 is 0 Å². The molecule has 5 rings (SSSR count). The van der Waals surface area contributed by atoms with Crippen molar-refractivity contribution in [2.75, 3.05) is 5.32 Å². The fourth-order valence-corrected chi connectivity index (χ4v) is 4.22. The number of carbonyl (C=O) groups excluding carboxylic acids is 1. The maximum atomic E-state index is 13.3. The molecule has 0 saturated carbocycles. The minimum Gasteiger partial charge on any atom is -0.352 e. The maximum Gasteiger partial charge on any atom is 0.239 e. The number of fused-ring (bicyclic) bond motifs is 1. The number of rotatable bonds is 7. The van der Waals surface area contributed by atoms with E-state index >= 15 is 0 Å². The number of hydrogen-bond donors (Lipinski definition) is 2. The predicted octanol–water partition coefficient (Wildman–Crippen LogP) is 6.25. The van der Waals surface area contributed by atoms with Crippen LogP contribution in [0.4, 0.5) is 19.0 Å². The van der Waals surface area contributed by atoms with Crippen molar-refractivity contribution in [2.45, 2.75) is 18.8 Å². The van der Waals surface area contributed by atoms with Crippen LogP contribution < -0.4 is 5.32 Å². The third-order valence-electron chi connectivity index (χ3n) is 5.73. The Morgan fingerprint density at radius 3 is 2.54 bits per heavy atom. The molecule has 0 bridgehead atoms. The first kappa shape index (κ1) is 24.4.